The molecule has 0 saturated heterocycles. The van der Waals surface area contributed by atoms with E-state index in [4.69, 9.17) is 27.6 Å². The van der Waals surface area contributed by atoms with Gasteiger partial charge in [0.25, 0.3) is 5.69 Å². The lowest BCUT2D eigenvalue weighted by atomic mass is 10.2. The summed E-state index contributed by atoms with van der Waals surface area (Å²) in [4.78, 5) is 13.9. The molecule has 2 heterocycles. The minimum absolute atomic E-state index is 0.0909. The third kappa shape index (κ3) is 4.14. The van der Waals surface area contributed by atoms with Crippen LogP contribution in [0.25, 0.3) is 11.3 Å². The Hall–Kier alpha value is -2.90. The minimum Gasteiger partial charge on any atom is -0.455 e. The molecular formula is C16H10Cl2N4O3. The van der Waals surface area contributed by atoms with E-state index >= 15 is 0 Å². The molecular weight excluding hydrogens is 367 g/mol. The van der Waals surface area contributed by atoms with Gasteiger partial charge in [-0.05, 0) is 36.4 Å². The number of hydrogen-bond donors (Lipinski definition) is 1. The number of hydrogen-bond acceptors (Lipinski definition) is 6. The number of halogens is 2. The van der Waals surface area contributed by atoms with Crippen LogP contribution in [-0.2, 0) is 0 Å². The molecule has 25 heavy (non-hydrogen) atoms. The van der Waals surface area contributed by atoms with Crippen LogP contribution in [-0.4, -0.2) is 16.1 Å². The normalized spacial score (nSPS) is 11.0. The van der Waals surface area contributed by atoms with Gasteiger partial charge in [-0.1, -0.05) is 23.2 Å². The van der Waals surface area contributed by atoms with Crippen molar-refractivity contribution in [3.63, 3.8) is 0 Å². The molecule has 0 aliphatic rings. The van der Waals surface area contributed by atoms with Crippen molar-refractivity contribution in [3.8, 4) is 11.3 Å². The molecule has 0 saturated carbocycles. The molecule has 0 aliphatic heterocycles. The zero-order chi connectivity index (χ0) is 17.8. The van der Waals surface area contributed by atoms with Gasteiger partial charge in [0.2, 0.25) is 0 Å². The van der Waals surface area contributed by atoms with E-state index in [1.807, 2.05) is 0 Å². The van der Waals surface area contributed by atoms with Gasteiger partial charge < -0.3 is 4.42 Å². The van der Waals surface area contributed by atoms with Crippen LogP contribution in [0, 0.1) is 10.1 Å². The average molecular weight is 377 g/mol. The first-order valence-corrected chi connectivity index (χ1v) is 7.73. The lowest BCUT2D eigenvalue weighted by Gasteiger charge is -1.99. The predicted octanol–water partition coefficient (Wildman–Crippen LogP) is 5.00. The summed E-state index contributed by atoms with van der Waals surface area (Å²) in [6, 6.07) is 11.5. The number of nitrogens with zero attached hydrogens (tertiary/aromatic N) is 3. The Labute approximate surface area is 152 Å². The molecule has 2 aromatic heterocycles. The Morgan fingerprint density at radius 1 is 1.16 bits per heavy atom. The number of pyridine rings is 1. The number of rotatable bonds is 5. The molecule has 3 aromatic rings. The van der Waals surface area contributed by atoms with Gasteiger partial charge in [0.1, 0.15) is 23.5 Å². The highest BCUT2D eigenvalue weighted by atomic mass is 35.5. The van der Waals surface area contributed by atoms with E-state index in [2.05, 4.69) is 15.5 Å². The molecule has 0 amide bonds. The van der Waals surface area contributed by atoms with E-state index in [0.717, 1.165) is 11.8 Å². The standard InChI is InChI=1S/C16H10Cl2N4O3/c17-13-4-1-10(7-14(13)18)15-5-3-12(25-15)9-20-21-16-6-2-11(8-19-16)22(23)24/h1-9H,(H,19,21)/b20-9-. The van der Waals surface area contributed by atoms with Crippen molar-refractivity contribution in [1.82, 2.24) is 4.98 Å². The largest absolute Gasteiger partial charge is 0.455 e. The summed E-state index contributed by atoms with van der Waals surface area (Å²) in [5.41, 5.74) is 3.36. The first kappa shape index (κ1) is 16.9. The van der Waals surface area contributed by atoms with Crippen molar-refractivity contribution in [2.24, 2.45) is 5.10 Å². The lowest BCUT2D eigenvalue weighted by molar-refractivity contribution is -0.385. The van der Waals surface area contributed by atoms with Crippen LogP contribution in [0.5, 0.6) is 0 Å². The molecule has 0 unspecified atom stereocenters. The number of furan rings is 1. The molecule has 0 spiro atoms. The number of nitrogens with one attached hydrogen (secondary N) is 1. The van der Waals surface area contributed by atoms with Gasteiger partial charge >= 0.3 is 0 Å². The molecule has 7 nitrogen and oxygen atoms in total. The minimum atomic E-state index is -0.520. The molecule has 1 N–H and O–H groups in total. The SMILES string of the molecule is O=[N+]([O-])c1ccc(N/N=C\c2ccc(-c3ccc(Cl)c(Cl)c3)o2)nc1. The van der Waals surface area contributed by atoms with Gasteiger partial charge in [-0.25, -0.2) is 4.98 Å². The highest BCUT2D eigenvalue weighted by molar-refractivity contribution is 6.42. The highest BCUT2D eigenvalue weighted by Crippen LogP contribution is 2.29. The summed E-state index contributed by atoms with van der Waals surface area (Å²) >= 11 is 11.9. The Morgan fingerprint density at radius 3 is 2.68 bits per heavy atom. The van der Waals surface area contributed by atoms with E-state index in [-0.39, 0.29) is 5.69 Å². The summed E-state index contributed by atoms with van der Waals surface area (Å²) in [6.07, 6.45) is 2.61. The van der Waals surface area contributed by atoms with E-state index in [0.29, 0.717) is 27.4 Å². The van der Waals surface area contributed by atoms with Crippen LogP contribution in [0.2, 0.25) is 10.0 Å². The molecule has 0 atom stereocenters. The third-order valence-corrected chi connectivity index (χ3v) is 3.90. The summed E-state index contributed by atoms with van der Waals surface area (Å²) < 4.78 is 5.65. The predicted molar refractivity (Wildman–Crippen MR) is 96.3 cm³/mol. The van der Waals surface area contributed by atoms with Crippen LogP contribution in [0.4, 0.5) is 11.5 Å². The van der Waals surface area contributed by atoms with Gasteiger partial charge in [-0.2, -0.15) is 5.10 Å². The number of nitro groups is 1. The lowest BCUT2D eigenvalue weighted by Crippen LogP contribution is -1.94. The second-order valence-corrected chi connectivity index (χ2v) is 5.67. The van der Waals surface area contributed by atoms with Gasteiger partial charge in [-0.15, -0.1) is 0 Å². The first-order valence-electron chi connectivity index (χ1n) is 6.98. The number of aromatic nitrogens is 1. The molecule has 126 valence electrons. The average Bonchev–Trinajstić information content (AvgIpc) is 3.07. The maximum Gasteiger partial charge on any atom is 0.287 e. The van der Waals surface area contributed by atoms with Crippen LogP contribution in [0.3, 0.4) is 0 Å². The van der Waals surface area contributed by atoms with E-state index < -0.39 is 4.92 Å². The maximum atomic E-state index is 10.6. The van der Waals surface area contributed by atoms with Crippen LogP contribution < -0.4 is 5.43 Å². The van der Waals surface area contributed by atoms with E-state index in [1.165, 1.54) is 18.3 Å². The van der Waals surface area contributed by atoms with E-state index in [9.17, 15) is 10.1 Å². The summed E-state index contributed by atoms with van der Waals surface area (Å²) in [5, 5.41) is 15.4. The van der Waals surface area contributed by atoms with Gasteiger partial charge in [0, 0.05) is 11.6 Å². The number of benzene rings is 1. The number of hydrazone groups is 1. The van der Waals surface area contributed by atoms with Crippen molar-refractivity contribution < 1.29 is 9.34 Å². The van der Waals surface area contributed by atoms with Crippen LogP contribution in [0.1, 0.15) is 5.76 Å². The third-order valence-electron chi connectivity index (χ3n) is 3.16. The van der Waals surface area contributed by atoms with Gasteiger partial charge in [0.05, 0.1) is 21.2 Å². The Kier molecular flexibility index (Phi) is 4.97. The Morgan fingerprint density at radius 2 is 2.00 bits per heavy atom. The van der Waals surface area contributed by atoms with Crippen molar-refractivity contribution in [2.75, 3.05) is 5.43 Å². The molecule has 3 rings (SSSR count). The van der Waals surface area contributed by atoms with Crippen LogP contribution in [0.15, 0.2) is 58.2 Å². The topological polar surface area (TPSA) is 93.6 Å². The fourth-order valence-electron chi connectivity index (χ4n) is 1.95. The summed E-state index contributed by atoms with van der Waals surface area (Å²) in [7, 11) is 0. The summed E-state index contributed by atoms with van der Waals surface area (Å²) in [6.45, 7) is 0. The quantitative estimate of drug-likeness (QED) is 0.384. The maximum absolute atomic E-state index is 10.6. The first-order chi connectivity index (χ1) is 12.0. The Bertz CT molecular complexity index is 939. The number of anilines is 1. The second kappa shape index (κ2) is 7.33. The fraction of sp³-hybridized carbons (Fsp3) is 0. The van der Waals surface area contributed by atoms with Crippen molar-refractivity contribution in [1.29, 1.82) is 0 Å². The van der Waals surface area contributed by atoms with E-state index in [1.54, 1.807) is 30.3 Å². The molecule has 1 aromatic carbocycles. The molecule has 0 bridgehead atoms. The molecule has 9 heteroatoms. The van der Waals surface area contributed by atoms with Gasteiger partial charge in [-0.3, -0.25) is 15.5 Å². The van der Waals surface area contributed by atoms with Crippen molar-refractivity contribution in [2.45, 2.75) is 0 Å². The molecule has 0 radical (unpaired) electrons. The smallest absolute Gasteiger partial charge is 0.287 e. The zero-order valence-electron chi connectivity index (χ0n) is 12.5. The van der Waals surface area contributed by atoms with Crippen LogP contribution >= 0.6 is 23.2 Å². The van der Waals surface area contributed by atoms with Crippen molar-refractivity contribution >= 4 is 40.9 Å². The highest BCUT2D eigenvalue weighted by Gasteiger charge is 2.07. The fourth-order valence-corrected chi connectivity index (χ4v) is 2.25. The van der Waals surface area contributed by atoms with Crippen molar-refractivity contribution in [3.05, 3.63) is 74.6 Å². The molecule has 0 aliphatic carbocycles. The summed E-state index contributed by atoms with van der Waals surface area (Å²) in [5.74, 6) is 1.50. The second-order valence-electron chi connectivity index (χ2n) is 4.86. The van der Waals surface area contributed by atoms with Gasteiger partial charge in [0.15, 0.2) is 0 Å². The Balaban J connectivity index is 1.67. The molecule has 0 fully saturated rings. The monoisotopic (exact) mass is 376 g/mol. The zero-order valence-corrected chi connectivity index (χ0v) is 14.0.